The van der Waals surface area contributed by atoms with Crippen LogP contribution in [0.25, 0.3) is 0 Å². The van der Waals surface area contributed by atoms with Crippen LogP contribution in [0.4, 0.5) is 0 Å². The first-order chi connectivity index (χ1) is 9.20. The van der Waals surface area contributed by atoms with E-state index in [1.165, 1.54) is 0 Å². The molecule has 2 unspecified atom stereocenters. The van der Waals surface area contributed by atoms with Gasteiger partial charge in [0.25, 0.3) is 0 Å². The average Bonchev–Trinajstić information content (AvgIpc) is 2.90. The van der Waals surface area contributed by atoms with Crippen molar-refractivity contribution in [3.8, 4) is 5.75 Å². The monoisotopic (exact) mass is 283 g/mol. The van der Waals surface area contributed by atoms with Crippen molar-refractivity contribution in [1.82, 2.24) is 5.32 Å². The van der Waals surface area contributed by atoms with Crippen LogP contribution in [0.3, 0.4) is 0 Å². The first-order valence-corrected chi connectivity index (χ1v) is 7.35. The Morgan fingerprint density at radius 1 is 1.53 bits per heavy atom. The van der Waals surface area contributed by atoms with Gasteiger partial charge in [0.1, 0.15) is 12.4 Å². The van der Waals surface area contributed by atoms with Crippen molar-refractivity contribution in [2.24, 2.45) is 0 Å². The maximum atomic E-state index is 6.08. The van der Waals surface area contributed by atoms with E-state index in [9.17, 15) is 0 Å². The van der Waals surface area contributed by atoms with Crippen LogP contribution in [0.5, 0.6) is 5.75 Å². The third-order valence-corrected chi connectivity index (χ3v) is 3.63. The number of hydrogen-bond acceptors (Lipinski definition) is 3. The van der Waals surface area contributed by atoms with Crippen molar-refractivity contribution in [2.75, 3.05) is 19.8 Å². The van der Waals surface area contributed by atoms with E-state index in [0.29, 0.717) is 6.61 Å². The molecule has 4 heteroatoms. The topological polar surface area (TPSA) is 30.5 Å². The molecule has 106 valence electrons. The number of hydrogen-bond donors (Lipinski definition) is 1. The highest BCUT2D eigenvalue weighted by molar-refractivity contribution is 6.30. The quantitative estimate of drug-likeness (QED) is 0.866. The molecule has 1 saturated heterocycles. The molecule has 2 atom stereocenters. The summed E-state index contributed by atoms with van der Waals surface area (Å²) in [6.07, 6.45) is 2.46. The predicted octanol–water partition coefficient (Wildman–Crippen LogP) is 3.57. The van der Waals surface area contributed by atoms with Gasteiger partial charge in [0, 0.05) is 23.2 Å². The van der Waals surface area contributed by atoms with Gasteiger partial charge in [-0.3, -0.25) is 0 Å². The van der Waals surface area contributed by atoms with Crippen LogP contribution in [0, 0.1) is 0 Å². The first kappa shape index (κ1) is 14.6. The Labute approximate surface area is 120 Å². The van der Waals surface area contributed by atoms with E-state index in [-0.39, 0.29) is 12.1 Å². The summed E-state index contributed by atoms with van der Waals surface area (Å²) >= 11 is 6.08. The molecule has 0 saturated carbocycles. The van der Waals surface area contributed by atoms with Crippen molar-refractivity contribution in [1.29, 1.82) is 0 Å². The van der Waals surface area contributed by atoms with Crippen LogP contribution in [0.15, 0.2) is 18.2 Å². The van der Waals surface area contributed by atoms with Crippen molar-refractivity contribution < 1.29 is 9.47 Å². The molecule has 2 rings (SSSR count). The molecule has 0 aliphatic carbocycles. The molecule has 0 bridgehead atoms. The lowest BCUT2D eigenvalue weighted by atomic mass is 10.1. The Hall–Kier alpha value is -0.770. The highest BCUT2D eigenvalue weighted by Crippen LogP contribution is 2.29. The lowest BCUT2D eigenvalue weighted by Gasteiger charge is -2.19. The highest BCUT2D eigenvalue weighted by atomic mass is 35.5. The van der Waals surface area contributed by atoms with Gasteiger partial charge in [-0.25, -0.2) is 0 Å². The molecule has 3 nitrogen and oxygen atoms in total. The van der Waals surface area contributed by atoms with Crippen LogP contribution < -0.4 is 10.1 Å². The van der Waals surface area contributed by atoms with Gasteiger partial charge in [-0.2, -0.15) is 0 Å². The second kappa shape index (κ2) is 7.13. The van der Waals surface area contributed by atoms with E-state index in [2.05, 4.69) is 19.2 Å². The average molecular weight is 284 g/mol. The fourth-order valence-electron chi connectivity index (χ4n) is 2.36. The number of benzene rings is 1. The lowest BCUT2D eigenvalue weighted by Crippen LogP contribution is -2.21. The van der Waals surface area contributed by atoms with Crippen LogP contribution in [0.2, 0.25) is 5.02 Å². The van der Waals surface area contributed by atoms with Crippen molar-refractivity contribution in [3.05, 3.63) is 28.8 Å². The molecule has 1 N–H and O–H groups in total. The number of nitrogens with one attached hydrogen (secondary N) is 1. The van der Waals surface area contributed by atoms with Crippen molar-refractivity contribution in [2.45, 2.75) is 38.8 Å². The third kappa shape index (κ3) is 4.10. The molecule has 1 aromatic rings. The molecule has 1 aromatic carbocycles. The van der Waals surface area contributed by atoms with Gasteiger partial charge >= 0.3 is 0 Å². The summed E-state index contributed by atoms with van der Waals surface area (Å²) < 4.78 is 11.5. The van der Waals surface area contributed by atoms with Crippen LogP contribution in [-0.4, -0.2) is 25.9 Å². The molecule has 0 aromatic heterocycles. The molecule has 1 aliphatic heterocycles. The SMILES string of the molecule is CCNC(C)c1cc(Cl)ccc1OCC1CCCO1. The van der Waals surface area contributed by atoms with Gasteiger partial charge in [0.15, 0.2) is 0 Å². The largest absolute Gasteiger partial charge is 0.491 e. The minimum Gasteiger partial charge on any atom is -0.491 e. The first-order valence-electron chi connectivity index (χ1n) is 6.98. The van der Waals surface area contributed by atoms with Gasteiger partial charge < -0.3 is 14.8 Å². The van der Waals surface area contributed by atoms with Gasteiger partial charge in [-0.05, 0) is 44.5 Å². The maximum Gasteiger partial charge on any atom is 0.124 e. The molecule has 1 fully saturated rings. The van der Waals surface area contributed by atoms with Crippen molar-refractivity contribution >= 4 is 11.6 Å². The second-order valence-electron chi connectivity index (χ2n) is 4.91. The third-order valence-electron chi connectivity index (χ3n) is 3.40. The Bertz CT molecular complexity index is 405. The fraction of sp³-hybridized carbons (Fsp3) is 0.600. The van der Waals surface area contributed by atoms with Crippen LogP contribution >= 0.6 is 11.6 Å². The van der Waals surface area contributed by atoms with E-state index >= 15 is 0 Å². The maximum absolute atomic E-state index is 6.08. The summed E-state index contributed by atoms with van der Waals surface area (Å²) in [6.45, 7) is 6.60. The zero-order valence-corrected chi connectivity index (χ0v) is 12.4. The second-order valence-corrected chi connectivity index (χ2v) is 5.34. The summed E-state index contributed by atoms with van der Waals surface area (Å²) in [5.74, 6) is 0.897. The Morgan fingerprint density at radius 3 is 3.05 bits per heavy atom. The van der Waals surface area contributed by atoms with E-state index in [1.807, 2.05) is 18.2 Å². The Kier molecular flexibility index (Phi) is 5.49. The zero-order chi connectivity index (χ0) is 13.7. The van der Waals surface area contributed by atoms with E-state index < -0.39 is 0 Å². The lowest BCUT2D eigenvalue weighted by molar-refractivity contribution is 0.0674. The van der Waals surface area contributed by atoms with Crippen molar-refractivity contribution in [3.63, 3.8) is 0 Å². The van der Waals surface area contributed by atoms with Gasteiger partial charge in [-0.15, -0.1) is 0 Å². The molecule has 0 radical (unpaired) electrons. The molecule has 1 heterocycles. The standard InChI is InChI=1S/C15H22ClNO2/c1-3-17-11(2)14-9-12(16)6-7-15(14)19-10-13-5-4-8-18-13/h6-7,9,11,13,17H,3-5,8,10H2,1-2H3. The van der Waals surface area contributed by atoms with Crippen LogP contribution in [-0.2, 0) is 4.74 Å². The molecular formula is C15H22ClNO2. The fourth-order valence-corrected chi connectivity index (χ4v) is 2.54. The molecule has 0 amide bonds. The highest BCUT2D eigenvalue weighted by Gasteiger charge is 2.18. The van der Waals surface area contributed by atoms with E-state index in [0.717, 1.165) is 42.3 Å². The zero-order valence-electron chi connectivity index (χ0n) is 11.6. The molecule has 19 heavy (non-hydrogen) atoms. The summed E-state index contributed by atoms with van der Waals surface area (Å²) in [4.78, 5) is 0. The molecule has 0 spiro atoms. The summed E-state index contributed by atoms with van der Waals surface area (Å²) in [7, 11) is 0. The molecular weight excluding hydrogens is 262 g/mol. The van der Waals surface area contributed by atoms with E-state index in [1.54, 1.807) is 0 Å². The van der Waals surface area contributed by atoms with Gasteiger partial charge in [0.2, 0.25) is 0 Å². The summed E-state index contributed by atoms with van der Waals surface area (Å²) in [6, 6.07) is 6.01. The minimum absolute atomic E-state index is 0.225. The minimum atomic E-state index is 0.225. The smallest absolute Gasteiger partial charge is 0.124 e. The summed E-state index contributed by atoms with van der Waals surface area (Å²) in [5, 5.41) is 4.13. The van der Waals surface area contributed by atoms with Gasteiger partial charge in [-0.1, -0.05) is 18.5 Å². The number of ether oxygens (including phenoxy) is 2. The summed E-state index contributed by atoms with van der Waals surface area (Å²) in [5.41, 5.74) is 1.10. The number of rotatable bonds is 6. The number of halogens is 1. The van der Waals surface area contributed by atoms with Gasteiger partial charge in [0.05, 0.1) is 6.10 Å². The predicted molar refractivity (Wildman–Crippen MR) is 78.0 cm³/mol. The van der Waals surface area contributed by atoms with Crippen LogP contribution in [0.1, 0.15) is 38.3 Å². The Balaban J connectivity index is 2.04. The van der Waals surface area contributed by atoms with E-state index in [4.69, 9.17) is 21.1 Å². The molecule has 1 aliphatic rings. The Morgan fingerprint density at radius 2 is 2.37 bits per heavy atom. The normalized spacial score (nSPS) is 20.5.